The predicted molar refractivity (Wildman–Crippen MR) is 74.9 cm³/mol. The van der Waals surface area contributed by atoms with Gasteiger partial charge in [-0.1, -0.05) is 11.6 Å². The van der Waals surface area contributed by atoms with E-state index in [0.29, 0.717) is 16.4 Å². The molecule has 0 aliphatic carbocycles. The Kier molecular flexibility index (Phi) is 5.70. The summed E-state index contributed by atoms with van der Waals surface area (Å²) in [6.07, 6.45) is 0. The minimum Gasteiger partial charge on any atom is -0.480 e. The van der Waals surface area contributed by atoms with Gasteiger partial charge in [0.25, 0.3) is 0 Å². The molecule has 112 valence electrons. The first-order valence-electron chi connectivity index (χ1n) is 5.75. The first kappa shape index (κ1) is 16.6. The summed E-state index contributed by atoms with van der Waals surface area (Å²) in [7, 11) is 0.188. The Labute approximate surface area is 123 Å². The van der Waals surface area contributed by atoms with Crippen molar-refractivity contribution in [3.05, 3.63) is 16.4 Å². The van der Waals surface area contributed by atoms with Crippen molar-refractivity contribution in [2.75, 3.05) is 5.75 Å². The van der Waals surface area contributed by atoms with Gasteiger partial charge in [-0.3, -0.25) is 13.7 Å². The maximum Gasteiger partial charge on any atom is 0.327 e. The number of carbonyl (C=O) groups is 2. The highest BCUT2D eigenvalue weighted by molar-refractivity contribution is 7.84. The smallest absolute Gasteiger partial charge is 0.327 e. The second-order valence-electron chi connectivity index (χ2n) is 4.31. The van der Waals surface area contributed by atoms with E-state index in [-0.39, 0.29) is 11.5 Å². The van der Waals surface area contributed by atoms with Crippen molar-refractivity contribution in [1.82, 2.24) is 15.1 Å². The van der Waals surface area contributed by atoms with Crippen LogP contribution in [0.1, 0.15) is 18.3 Å². The molecule has 20 heavy (non-hydrogen) atoms. The molecule has 0 saturated carbocycles. The van der Waals surface area contributed by atoms with Crippen LogP contribution in [0, 0.1) is 6.92 Å². The lowest BCUT2D eigenvalue weighted by atomic mass is 10.3. The van der Waals surface area contributed by atoms with Gasteiger partial charge < -0.3 is 10.4 Å². The highest BCUT2D eigenvalue weighted by Gasteiger charge is 2.23. The van der Waals surface area contributed by atoms with Crippen LogP contribution >= 0.6 is 11.6 Å². The minimum atomic E-state index is -1.49. The number of carboxylic acids is 1. The van der Waals surface area contributed by atoms with Crippen LogP contribution in [-0.2, 0) is 33.2 Å². The third-order valence-electron chi connectivity index (χ3n) is 2.59. The van der Waals surface area contributed by atoms with E-state index in [9.17, 15) is 13.8 Å². The zero-order chi connectivity index (χ0) is 15.4. The highest BCUT2D eigenvalue weighted by atomic mass is 35.5. The molecule has 0 aliphatic heterocycles. The quantitative estimate of drug-likeness (QED) is 0.780. The molecule has 0 bridgehead atoms. The highest BCUT2D eigenvalue weighted by Crippen LogP contribution is 2.20. The SMILES string of the molecule is CC(=O)NC(CS(=O)Cc1c(Cl)c(C)nn1C)C(=O)O. The van der Waals surface area contributed by atoms with Crippen molar-refractivity contribution in [1.29, 1.82) is 0 Å². The number of aromatic nitrogens is 2. The Bertz CT molecular complexity index is 558. The van der Waals surface area contributed by atoms with E-state index in [1.807, 2.05) is 0 Å². The summed E-state index contributed by atoms with van der Waals surface area (Å²) < 4.78 is 13.5. The van der Waals surface area contributed by atoms with Gasteiger partial charge in [-0.15, -0.1) is 0 Å². The number of halogens is 1. The number of nitrogens with one attached hydrogen (secondary N) is 1. The monoisotopic (exact) mass is 321 g/mol. The molecule has 2 unspecified atom stereocenters. The van der Waals surface area contributed by atoms with E-state index in [1.54, 1.807) is 14.0 Å². The Morgan fingerprint density at radius 1 is 1.55 bits per heavy atom. The molecule has 0 aromatic carbocycles. The van der Waals surface area contributed by atoms with Gasteiger partial charge in [0, 0.05) is 24.8 Å². The van der Waals surface area contributed by atoms with Crippen LogP contribution in [-0.4, -0.2) is 42.8 Å². The van der Waals surface area contributed by atoms with Crippen LogP contribution in [0.2, 0.25) is 5.02 Å². The molecule has 0 spiro atoms. The van der Waals surface area contributed by atoms with Crippen molar-refractivity contribution < 1.29 is 18.9 Å². The molecule has 0 fully saturated rings. The Hall–Kier alpha value is -1.41. The molecule has 0 radical (unpaired) electrons. The van der Waals surface area contributed by atoms with Gasteiger partial charge in [-0.2, -0.15) is 5.10 Å². The lowest BCUT2D eigenvalue weighted by molar-refractivity contribution is -0.140. The molecule has 1 heterocycles. The summed E-state index contributed by atoms with van der Waals surface area (Å²) in [5.41, 5.74) is 1.20. The lowest BCUT2D eigenvalue weighted by Gasteiger charge is -2.12. The fourth-order valence-corrected chi connectivity index (χ4v) is 3.31. The number of amides is 1. The van der Waals surface area contributed by atoms with E-state index in [1.165, 1.54) is 11.6 Å². The molecule has 1 aromatic rings. The van der Waals surface area contributed by atoms with Gasteiger partial charge in [0.15, 0.2) is 0 Å². The molecule has 0 aliphatic rings. The Morgan fingerprint density at radius 2 is 2.15 bits per heavy atom. The minimum absolute atomic E-state index is 0.0829. The molecule has 0 saturated heterocycles. The van der Waals surface area contributed by atoms with Crippen molar-refractivity contribution in [3.63, 3.8) is 0 Å². The number of carbonyl (C=O) groups excluding carboxylic acids is 1. The maximum absolute atomic E-state index is 12.0. The second-order valence-corrected chi connectivity index (χ2v) is 6.19. The number of hydrogen-bond acceptors (Lipinski definition) is 4. The molecule has 1 rings (SSSR count). The largest absolute Gasteiger partial charge is 0.480 e. The predicted octanol–water partition coefficient (Wildman–Crippen LogP) is 0.220. The van der Waals surface area contributed by atoms with Gasteiger partial charge in [-0.25, -0.2) is 4.79 Å². The van der Waals surface area contributed by atoms with E-state index in [0.717, 1.165) is 0 Å². The molecule has 1 aromatic heterocycles. The number of rotatable bonds is 6. The topological polar surface area (TPSA) is 101 Å². The van der Waals surface area contributed by atoms with Gasteiger partial charge >= 0.3 is 5.97 Å². The number of carboxylic acid groups (broad SMARTS) is 1. The Morgan fingerprint density at radius 3 is 2.55 bits per heavy atom. The number of nitrogens with zero attached hydrogens (tertiary/aromatic N) is 2. The number of aryl methyl sites for hydroxylation is 2. The average molecular weight is 322 g/mol. The summed E-state index contributed by atoms with van der Waals surface area (Å²) in [4.78, 5) is 21.9. The van der Waals surface area contributed by atoms with Gasteiger partial charge in [0.1, 0.15) is 6.04 Å². The molecule has 2 atom stereocenters. The molecule has 1 amide bonds. The molecule has 2 N–H and O–H groups in total. The van der Waals surface area contributed by atoms with Crippen LogP contribution in [0.3, 0.4) is 0 Å². The van der Waals surface area contributed by atoms with E-state index < -0.39 is 28.7 Å². The van der Waals surface area contributed by atoms with Crippen molar-refractivity contribution in [2.24, 2.45) is 7.05 Å². The summed E-state index contributed by atoms with van der Waals surface area (Å²) in [6.45, 7) is 2.94. The van der Waals surface area contributed by atoms with Crippen LogP contribution in [0.4, 0.5) is 0 Å². The zero-order valence-corrected chi connectivity index (χ0v) is 12.9. The van der Waals surface area contributed by atoms with Crippen LogP contribution in [0.5, 0.6) is 0 Å². The van der Waals surface area contributed by atoms with Gasteiger partial charge in [0.2, 0.25) is 5.91 Å². The average Bonchev–Trinajstić information content (AvgIpc) is 2.54. The number of aliphatic carboxylic acids is 1. The first-order valence-corrected chi connectivity index (χ1v) is 7.61. The first-order chi connectivity index (χ1) is 9.22. The van der Waals surface area contributed by atoms with Crippen molar-refractivity contribution in [3.8, 4) is 0 Å². The van der Waals surface area contributed by atoms with Crippen LogP contribution in [0.15, 0.2) is 0 Å². The maximum atomic E-state index is 12.0. The summed E-state index contributed by atoms with van der Waals surface area (Å²) >= 11 is 6.04. The number of hydrogen-bond donors (Lipinski definition) is 2. The molecule has 9 heteroatoms. The summed E-state index contributed by atoms with van der Waals surface area (Å²) in [5, 5.41) is 15.7. The second kappa shape index (κ2) is 6.85. The molecular weight excluding hydrogens is 306 g/mol. The van der Waals surface area contributed by atoms with Gasteiger partial charge in [-0.05, 0) is 6.92 Å². The van der Waals surface area contributed by atoms with Crippen molar-refractivity contribution >= 4 is 34.3 Å². The van der Waals surface area contributed by atoms with Crippen molar-refractivity contribution in [2.45, 2.75) is 25.6 Å². The van der Waals surface area contributed by atoms with Crippen LogP contribution in [0.25, 0.3) is 0 Å². The lowest BCUT2D eigenvalue weighted by Crippen LogP contribution is -2.43. The molecular formula is C11H16ClN3O4S. The summed E-state index contributed by atoms with van der Waals surface area (Å²) in [5.74, 6) is -1.81. The summed E-state index contributed by atoms with van der Waals surface area (Å²) in [6, 6.07) is -1.18. The van der Waals surface area contributed by atoms with E-state index >= 15 is 0 Å². The Balaban J connectivity index is 2.75. The third kappa shape index (κ3) is 4.31. The molecule has 7 nitrogen and oxygen atoms in total. The normalized spacial score (nSPS) is 13.8. The fraction of sp³-hybridized carbons (Fsp3) is 0.545. The van der Waals surface area contributed by atoms with Gasteiger partial charge in [0.05, 0.1) is 27.9 Å². The standard InChI is InChI=1S/C11H16ClN3O4S/c1-6-10(12)9(15(3)14-6)5-20(19)4-8(11(17)18)13-7(2)16/h8H,4-5H2,1-3H3,(H,13,16)(H,17,18). The van der Waals surface area contributed by atoms with E-state index in [2.05, 4.69) is 10.4 Å². The third-order valence-corrected chi connectivity index (χ3v) is 4.38. The zero-order valence-electron chi connectivity index (χ0n) is 11.3. The van der Waals surface area contributed by atoms with Crippen LogP contribution < -0.4 is 5.32 Å². The van der Waals surface area contributed by atoms with E-state index in [4.69, 9.17) is 16.7 Å². The fourth-order valence-electron chi connectivity index (χ4n) is 1.65.